The highest BCUT2D eigenvalue weighted by Crippen LogP contribution is 2.27. The molecule has 1 aliphatic heterocycles. The lowest BCUT2D eigenvalue weighted by Gasteiger charge is -2.30. The van der Waals surface area contributed by atoms with Gasteiger partial charge >= 0.3 is 0 Å². The maximum atomic E-state index is 12.6. The van der Waals surface area contributed by atoms with E-state index in [2.05, 4.69) is 34.7 Å². The minimum Gasteiger partial charge on any atom is -0.494 e. The fraction of sp³-hybridized carbons (Fsp3) is 0.500. The summed E-state index contributed by atoms with van der Waals surface area (Å²) >= 11 is 1.78. The average molecular weight is 423 g/mol. The van der Waals surface area contributed by atoms with Crippen LogP contribution >= 0.6 is 23.7 Å². The Morgan fingerprint density at radius 2 is 1.86 bits per heavy atom. The largest absolute Gasteiger partial charge is 0.494 e. The average Bonchev–Trinajstić information content (AvgIpc) is 3.09. The zero-order chi connectivity index (χ0) is 18.9. The van der Waals surface area contributed by atoms with Crippen molar-refractivity contribution in [2.75, 3.05) is 26.2 Å². The number of benzene rings is 1. The van der Waals surface area contributed by atoms with Gasteiger partial charge in [-0.2, -0.15) is 0 Å². The van der Waals surface area contributed by atoms with Crippen molar-refractivity contribution in [3.8, 4) is 5.75 Å². The van der Waals surface area contributed by atoms with Gasteiger partial charge in [0.25, 0.3) is 5.91 Å². The molecule has 6 heteroatoms. The molecule has 1 aliphatic rings. The van der Waals surface area contributed by atoms with Gasteiger partial charge in [0.15, 0.2) is 0 Å². The van der Waals surface area contributed by atoms with Crippen LogP contribution in [-0.4, -0.2) is 37.0 Å². The van der Waals surface area contributed by atoms with Crippen molar-refractivity contribution in [3.63, 3.8) is 0 Å². The van der Waals surface area contributed by atoms with E-state index in [1.807, 2.05) is 24.3 Å². The van der Waals surface area contributed by atoms with Crippen molar-refractivity contribution in [1.29, 1.82) is 0 Å². The number of halogens is 1. The van der Waals surface area contributed by atoms with Crippen molar-refractivity contribution in [1.82, 2.24) is 10.2 Å². The molecule has 1 unspecified atom stereocenters. The molecule has 1 amide bonds. The molecular weight excluding hydrogens is 392 g/mol. The van der Waals surface area contributed by atoms with Crippen LogP contribution < -0.4 is 10.1 Å². The van der Waals surface area contributed by atoms with Gasteiger partial charge in [0.2, 0.25) is 0 Å². The summed E-state index contributed by atoms with van der Waals surface area (Å²) in [5.41, 5.74) is 0.680. The lowest BCUT2D eigenvalue weighted by Crippen LogP contribution is -2.38. The molecule has 2 heterocycles. The van der Waals surface area contributed by atoms with Crippen LogP contribution in [0.1, 0.15) is 60.3 Å². The highest BCUT2D eigenvalue weighted by Gasteiger charge is 2.23. The molecule has 1 saturated heterocycles. The number of likely N-dealkylation sites (tertiary alicyclic amines) is 1. The molecule has 0 bridgehead atoms. The number of rotatable bonds is 8. The third-order valence-corrected chi connectivity index (χ3v) is 5.97. The van der Waals surface area contributed by atoms with Gasteiger partial charge in [0.05, 0.1) is 12.6 Å². The highest BCUT2D eigenvalue weighted by atomic mass is 35.5. The fourth-order valence-corrected chi connectivity index (χ4v) is 4.37. The summed E-state index contributed by atoms with van der Waals surface area (Å²) in [4.78, 5) is 16.5. The summed E-state index contributed by atoms with van der Waals surface area (Å²) in [6, 6.07) is 12.0. The van der Waals surface area contributed by atoms with E-state index in [0.717, 1.165) is 25.3 Å². The van der Waals surface area contributed by atoms with Crippen LogP contribution in [-0.2, 0) is 0 Å². The minimum atomic E-state index is -0.0200. The zero-order valence-corrected chi connectivity index (χ0v) is 18.2. The van der Waals surface area contributed by atoms with Crippen LogP contribution in [0.25, 0.3) is 0 Å². The van der Waals surface area contributed by atoms with Crippen molar-refractivity contribution < 1.29 is 9.53 Å². The Kier molecular flexibility index (Phi) is 9.82. The standard InChI is InChI=1S/C22H30N2O2S.ClH/c1-2-15-26-19-11-9-18(10-12-19)22(25)23-17-20(21-8-7-16-27-21)24-13-5-3-4-6-14-24;/h7-12,16,20H,2-6,13-15,17H2,1H3,(H,23,25);1H. The third kappa shape index (κ3) is 6.50. The Balaban J connectivity index is 0.00000280. The van der Waals surface area contributed by atoms with Crippen LogP contribution in [0.3, 0.4) is 0 Å². The SMILES string of the molecule is CCCOc1ccc(C(=O)NCC(c2cccs2)N2CCCCCC2)cc1.Cl. The number of hydrogen-bond donors (Lipinski definition) is 1. The van der Waals surface area contributed by atoms with Crippen LogP contribution in [0.2, 0.25) is 0 Å². The molecule has 28 heavy (non-hydrogen) atoms. The predicted molar refractivity (Wildman–Crippen MR) is 119 cm³/mol. The molecule has 3 rings (SSSR count). The molecule has 154 valence electrons. The smallest absolute Gasteiger partial charge is 0.251 e. The van der Waals surface area contributed by atoms with Crippen molar-refractivity contribution in [3.05, 3.63) is 52.2 Å². The summed E-state index contributed by atoms with van der Waals surface area (Å²) in [6.45, 7) is 5.65. The third-order valence-electron chi connectivity index (χ3n) is 5.00. The molecule has 1 aromatic heterocycles. The Morgan fingerprint density at radius 1 is 1.14 bits per heavy atom. The van der Waals surface area contributed by atoms with Crippen molar-refractivity contribution in [2.24, 2.45) is 0 Å². The maximum Gasteiger partial charge on any atom is 0.251 e. The van der Waals surface area contributed by atoms with Gasteiger partial charge in [-0.05, 0) is 68.1 Å². The zero-order valence-electron chi connectivity index (χ0n) is 16.6. The molecule has 0 spiro atoms. The Morgan fingerprint density at radius 3 is 2.46 bits per heavy atom. The van der Waals surface area contributed by atoms with Gasteiger partial charge in [0.1, 0.15) is 5.75 Å². The Labute approximate surface area is 178 Å². The topological polar surface area (TPSA) is 41.6 Å². The molecule has 1 atom stereocenters. The van der Waals surface area contributed by atoms with Crippen molar-refractivity contribution in [2.45, 2.75) is 45.1 Å². The Bertz CT molecular complexity index is 683. The molecule has 1 fully saturated rings. The van der Waals surface area contributed by atoms with E-state index < -0.39 is 0 Å². The van der Waals surface area contributed by atoms with E-state index in [9.17, 15) is 4.79 Å². The van der Waals surface area contributed by atoms with Crippen LogP contribution in [0.15, 0.2) is 41.8 Å². The first-order valence-electron chi connectivity index (χ1n) is 10.1. The molecule has 0 aliphatic carbocycles. The lowest BCUT2D eigenvalue weighted by molar-refractivity contribution is 0.0934. The number of nitrogens with one attached hydrogen (secondary N) is 1. The van der Waals surface area contributed by atoms with E-state index in [0.29, 0.717) is 18.7 Å². The van der Waals surface area contributed by atoms with Crippen LogP contribution in [0.4, 0.5) is 0 Å². The maximum absolute atomic E-state index is 12.6. The second-order valence-electron chi connectivity index (χ2n) is 7.06. The van der Waals surface area contributed by atoms with Crippen LogP contribution in [0.5, 0.6) is 5.75 Å². The predicted octanol–water partition coefficient (Wildman–Crippen LogP) is 5.31. The number of ether oxygens (including phenoxy) is 1. The number of carbonyl (C=O) groups is 1. The molecule has 4 nitrogen and oxygen atoms in total. The molecule has 0 saturated carbocycles. The summed E-state index contributed by atoms with van der Waals surface area (Å²) in [5, 5.41) is 5.27. The normalized spacial score (nSPS) is 15.9. The number of amides is 1. The lowest BCUT2D eigenvalue weighted by atomic mass is 10.1. The van der Waals surface area contributed by atoms with Gasteiger partial charge < -0.3 is 10.1 Å². The number of nitrogens with zero attached hydrogens (tertiary/aromatic N) is 1. The number of carbonyl (C=O) groups excluding carboxylic acids is 1. The summed E-state index contributed by atoms with van der Waals surface area (Å²) < 4.78 is 5.59. The molecule has 2 aromatic rings. The highest BCUT2D eigenvalue weighted by molar-refractivity contribution is 7.10. The molecular formula is C22H31ClN2O2S. The van der Waals surface area contributed by atoms with E-state index in [-0.39, 0.29) is 24.4 Å². The van der Waals surface area contributed by atoms with E-state index in [1.165, 1.54) is 30.6 Å². The molecule has 0 radical (unpaired) electrons. The summed E-state index contributed by atoms with van der Waals surface area (Å²) in [7, 11) is 0. The van der Waals surface area contributed by atoms with Gasteiger partial charge in [-0.25, -0.2) is 0 Å². The minimum absolute atomic E-state index is 0. The first-order valence-corrected chi connectivity index (χ1v) is 10.9. The molecule has 1 N–H and O–H groups in total. The monoisotopic (exact) mass is 422 g/mol. The molecule has 1 aromatic carbocycles. The van der Waals surface area contributed by atoms with Crippen molar-refractivity contribution >= 4 is 29.7 Å². The summed E-state index contributed by atoms with van der Waals surface area (Å²) in [6.07, 6.45) is 6.09. The van der Waals surface area contributed by atoms with Gasteiger partial charge in [-0.1, -0.05) is 25.8 Å². The summed E-state index contributed by atoms with van der Waals surface area (Å²) in [5.74, 6) is 0.794. The fourth-order valence-electron chi connectivity index (χ4n) is 3.51. The van der Waals surface area contributed by atoms with E-state index >= 15 is 0 Å². The van der Waals surface area contributed by atoms with Gasteiger partial charge in [-0.15, -0.1) is 23.7 Å². The van der Waals surface area contributed by atoms with E-state index in [4.69, 9.17) is 4.74 Å². The first-order chi connectivity index (χ1) is 13.3. The first kappa shape index (κ1) is 22.7. The quantitative estimate of drug-likeness (QED) is 0.627. The Hall–Kier alpha value is -1.56. The second kappa shape index (κ2) is 12.1. The number of thiophene rings is 1. The van der Waals surface area contributed by atoms with E-state index in [1.54, 1.807) is 11.3 Å². The second-order valence-corrected chi connectivity index (χ2v) is 8.04. The van der Waals surface area contributed by atoms with Crippen LogP contribution in [0, 0.1) is 0 Å². The van der Waals surface area contributed by atoms with Gasteiger partial charge in [-0.3, -0.25) is 9.69 Å². The van der Waals surface area contributed by atoms with Gasteiger partial charge in [0, 0.05) is 17.0 Å². The number of hydrogen-bond acceptors (Lipinski definition) is 4.